The van der Waals surface area contributed by atoms with Gasteiger partial charge in [-0.25, -0.2) is 4.79 Å². The van der Waals surface area contributed by atoms with Gasteiger partial charge in [0.05, 0.1) is 6.61 Å². The zero-order chi connectivity index (χ0) is 18.3. The number of carboxylic acids is 1. The average Bonchev–Trinajstić information content (AvgIpc) is 2.44. The molecular weight excluding hydrogens is 331 g/mol. The molecule has 0 saturated heterocycles. The van der Waals surface area contributed by atoms with Gasteiger partial charge in [0.2, 0.25) is 0 Å². The van der Waals surface area contributed by atoms with Crippen LogP contribution in [0.15, 0.2) is 12.1 Å². The van der Waals surface area contributed by atoms with Crippen molar-refractivity contribution < 1.29 is 37.3 Å². The number of carboxylic acid groups (broad SMARTS) is 1. The Morgan fingerprint density at radius 1 is 1.21 bits per heavy atom. The van der Waals surface area contributed by atoms with Gasteiger partial charge in [0, 0.05) is 12.1 Å². The molecule has 0 unspecified atom stereocenters. The molecule has 0 heterocycles. The average molecular weight is 349 g/mol. The minimum Gasteiger partial charge on any atom is -0.481 e. The molecule has 2 N–H and O–H groups in total. The van der Waals surface area contributed by atoms with Crippen LogP contribution < -0.4 is 10.1 Å². The number of alkyl halides is 3. The van der Waals surface area contributed by atoms with Crippen molar-refractivity contribution in [3.63, 3.8) is 0 Å². The highest BCUT2D eigenvalue weighted by Gasteiger charge is 2.27. The van der Waals surface area contributed by atoms with Crippen LogP contribution in [-0.2, 0) is 9.53 Å². The number of ether oxygens (including phenoxy) is 2. The number of amides is 1. The predicted molar refractivity (Wildman–Crippen MR) is 78.3 cm³/mol. The zero-order valence-corrected chi connectivity index (χ0v) is 13.2. The fourth-order valence-electron chi connectivity index (χ4n) is 1.97. The highest BCUT2D eigenvalue weighted by Crippen LogP contribution is 2.24. The third kappa shape index (κ3) is 6.86. The Morgan fingerprint density at radius 3 is 2.29 bits per heavy atom. The number of halogens is 3. The van der Waals surface area contributed by atoms with Gasteiger partial charge in [0.15, 0.2) is 6.61 Å². The molecule has 1 amide bonds. The first kappa shape index (κ1) is 19.8. The highest BCUT2D eigenvalue weighted by atomic mass is 19.4. The lowest BCUT2D eigenvalue weighted by molar-refractivity contribution is -0.173. The smallest absolute Gasteiger partial charge is 0.411 e. The van der Waals surface area contributed by atoms with Gasteiger partial charge >= 0.3 is 12.1 Å². The number of aliphatic carboxylic acids is 1. The number of hydrogen-bond acceptors (Lipinski definition) is 4. The Labute approximate surface area is 136 Å². The molecule has 0 radical (unpaired) electrons. The monoisotopic (exact) mass is 349 g/mol. The molecule has 0 fully saturated rings. The molecule has 0 aliphatic carbocycles. The van der Waals surface area contributed by atoms with E-state index in [0.29, 0.717) is 22.4 Å². The Hall–Kier alpha value is -2.29. The van der Waals surface area contributed by atoms with E-state index < -0.39 is 31.3 Å². The summed E-state index contributed by atoms with van der Waals surface area (Å²) in [5.74, 6) is -1.21. The second kappa shape index (κ2) is 8.53. The molecule has 0 bridgehead atoms. The SMILES string of the molecule is Cc1cc(C(=O)NCCOCC(F)(F)F)cc(C)c1OCC(=O)O. The molecular formula is C15H18F3NO5. The first-order chi connectivity index (χ1) is 11.1. The van der Waals surface area contributed by atoms with Crippen molar-refractivity contribution in [2.24, 2.45) is 0 Å². The Morgan fingerprint density at radius 2 is 1.79 bits per heavy atom. The molecule has 0 atom stereocenters. The van der Waals surface area contributed by atoms with Crippen molar-refractivity contribution in [3.8, 4) is 5.75 Å². The van der Waals surface area contributed by atoms with Crippen molar-refractivity contribution in [2.75, 3.05) is 26.4 Å². The minimum atomic E-state index is -4.40. The molecule has 0 aromatic heterocycles. The van der Waals surface area contributed by atoms with Crippen LogP contribution in [0.4, 0.5) is 13.2 Å². The maximum absolute atomic E-state index is 12.0. The van der Waals surface area contributed by atoms with Crippen molar-refractivity contribution >= 4 is 11.9 Å². The van der Waals surface area contributed by atoms with Gasteiger partial charge in [-0.05, 0) is 37.1 Å². The summed E-state index contributed by atoms with van der Waals surface area (Å²) >= 11 is 0. The summed E-state index contributed by atoms with van der Waals surface area (Å²) < 4.78 is 45.2. The zero-order valence-electron chi connectivity index (χ0n) is 13.2. The van der Waals surface area contributed by atoms with E-state index in [4.69, 9.17) is 9.84 Å². The van der Waals surface area contributed by atoms with Gasteiger partial charge in [-0.15, -0.1) is 0 Å². The van der Waals surface area contributed by atoms with E-state index in [1.165, 1.54) is 12.1 Å². The summed E-state index contributed by atoms with van der Waals surface area (Å²) in [6.07, 6.45) is -4.40. The van der Waals surface area contributed by atoms with Crippen LogP contribution in [0.25, 0.3) is 0 Å². The van der Waals surface area contributed by atoms with Crippen LogP contribution in [0.3, 0.4) is 0 Å². The van der Waals surface area contributed by atoms with Crippen LogP contribution in [0.5, 0.6) is 5.75 Å². The minimum absolute atomic E-state index is 0.0652. The van der Waals surface area contributed by atoms with Gasteiger partial charge in [0.1, 0.15) is 12.4 Å². The lowest BCUT2D eigenvalue weighted by Gasteiger charge is -2.13. The van der Waals surface area contributed by atoms with E-state index in [-0.39, 0.29) is 13.2 Å². The molecule has 1 aromatic rings. The maximum atomic E-state index is 12.0. The Bertz CT molecular complexity index is 578. The van der Waals surface area contributed by atoms with Gasteiger partial charge in [-0.3, -0.25) is 4.79 Å². The molecule has 1 rings (SSSR count). The topological polar surface area (TPSA) is 84.9 Å². The maximum Gasteiger partial charge on any atom is 0.411 e. The summed E-state index contributed by atoms with van der Waals surface area (Å²) in [6, 6.07) is 3.02. The van der Waals surface area contributed by atoms with E-state index in [1.807, 2.05) is 0 Å². The van der Waals surface area contributed by atoms with Crippen LogP contribution in [-0.4, -0.2) is 49.5 Å². The van der Waals surface area contributed by atoms with Gasteiger partial charge < -0.3 is 19.9 Å². The number of carbonyl (C=O) groups excluding carboxylic acids is 1. The molecule has 9 heteroatoms. The second-order valence-corrected chi connectivity index (χ2v) is 5.05. The van der Waals surface area contributed by atoms with Crippen LogP contribution in [0.1, 0.15) is 21.5 Å². The van der Waals surface area contributed by atoms with Gasteiger partial charge in [0.25, 0.3) is 5.91 Å². The fraction of sp³-hybridized carbons (Fsp3) is 0.467. The first-order valence-corrected chi connectivity index (χ1v) is 6.98. The number of hydrogen-bond donors (Lipinski definition) is 2. The lowest BCUT2D eigenvalue weighted by atomic mass is 10.1. The largest absolute Gasteiger partial charge is 0.481 e. The lowest BCUT2D eigenvalue weighted by Crippen LogP contribution is -2.29. The number of carbonyl (C=O) groups is 2. The number of rotatable bonds is 8. The Balaban J connectivity index is 2.57. The van der Waals surface area contributed by atoms with Crippen molar-refractivity contribution in [3.05, 3.63) is 28.8 Å². The summed E-state index contributed by atoms with van der Waals surface area (Å²) in [7, 11) is 0. The number of aryl methyl sites for hydroxylation is 2. The third-order valence-electron chi connectivity index (χ3n) is 2.86. The van der Waals surface area contributed by atoms with E-state index >= 15 is 0 Å². The number of benzene rings is 1. The van der Waals surface area contributed by atoms with Crippen molar-refractivity contribution in [2.45, 2.75) is 20.0 Å². The Kier molecular flexibility index (Phi) is 7.02. The molecule has 0 spiro atoms. The highest BCUT2D eigenvalue weighted by molar-refractivity contribution is 5.94. The van der Waals surface area contributed by atoms with E-state index in [2.05, 4.69) is 10.1 Å². The van der Waals surface area contributed by atoms with Crippen LogP contribution in [0.2, 0.25) is 0 Å². The summed E-state index contributed by atoms with van der Waals surface area (Å²) in [6.45, 7) is 1.13. The molecule has 0 saturated carbocycles. The first-order valence-electron chi connectivity index (χ1n) is 6.98. The quantitative estimate of drug-likeness (QED) is 0.702. The molecule has 0 aliphatic rings. The molecule has 134 valence electrons. The second-order valence-electron chi connectivity index (χ2n) is 5.05. The fourth-order valence-corrected chi connectivity index (χ4v) is 1.97. The summed E-state index contributed by atoms with van der Waals surface area (Å²) in [5, 5.41) is 11.1. The summed E-state index contributed by atoms with van der Waals surface area (Å²) in [5.41, 5.74) is 1.45. The molecule has 6 nitrogen and oxygen atoms in total. The van der Waals surface area contributed by atoms with Gasteiger partial charge in [-0.1, -0.05) is 0 Å². The van der Waals surface area contributed by atoms with Crippen molar-refractivity contribution in [1.29, 1.82) is 0 Å². The van der Waals surface area contributed by atoms with E-state index in [9.17, 15) is 22.8 Å². The van der Waals surface area contributed by atoms with Crippen LogP contribution >= 0.6 is 0 Å². The number of nitrogens with one attached hydrogen (secondary N) is 1. The van der Waals surface area contributed by atoms with E-state index in [0.717, 1.165) is 0 Å². The summed E-state index contributed by atoms with van der Waals surface area (Å²) in [4.78, 5) is 22.5. The third-order valence-corrected chi connectivity index (χ3v) is 2.86. The molecule has 24 heavy (non-hydrogen) atoms. The molecule has 0 aliphatic heterocycles. The standard InChI is InChI=1S/C15H18F3NO5/c1-9-5-11(6-10(2)13(9)24-7-12(20)21)14(22)19-3-4-23-8-15(16,17)18/h5-6H,3-4,7-8H2,1-2H3,(H,19,22)(H,20,21). The molecule has 1 aromatic carbocycles. The van der Waals surface area contributed by atoms with E-state index in [1.54, 1.807) is 13.8 Å². The van der Waals surface area contributed by atoms with Gasteiger partial charge in [-0.2, -0.15) is 13.2 Å². The van der Waals surface area contributed by atoms with Crippen molar-refractivity contribution in [1.82, 2.24) is 5.32 Å². The predicted octanol–water partition coefficient (Wildman–Crippen LogP) is 2.08. The van der Waals surface area contributed by atoms with Crippen LogP contribution in [0, 0.1) is 13.8 Å². The normalized spacial score (nSPS) is 11.2.